The fourth-order valence-electron chi connectivity index (χ4n) is 1.83. The van der Waals surface area contributed by atoms with Crippen LogP contribution in [0.3, 0.4) is 0 Å². The van der Waals surface area contributed by atoms with Gasteiger partial charge in [-0.2, -0.15) is 0 Å². The predicted octanol–water partition coefficient (Wildman–Crippen LogP) is 3.45. The topological polar surface area (TPSA) is 58.2 Å². The van der Waals surface area contributed by atoms with Crippen molar-refractivity contribution in [3.63, 3.8) is 0 Å². The first-order valence-corrected chi connectivity index (χ1v) is 7.34. The lowest BCUT2D eigenvalue weighted by molar-refractivity contribution is -0.128. The molecule has 1 rings (SSSR count). The Labute approximate surface area is 131 Å². The van der Waals surface area contributed by atoms with Gasteiger partial charge in [-0.05, 0) is 31.0 Å². The lowest BCUT2D eigenvalue weighted by Gasteiger charge is -2.17. The van der Waals surface area contributed by atoms with E-state index in [1.807, 2.05) is 46.8 Å². The molecular weight excluding hydrogens is 288 g/mol. The van der Waals surface area contributed by atoms with Crippen molar-refractivity contribution in [2.24, 2.45) is 5.41 Å². The third kappa shape index (κ3) is 5.38. The zero-order valence-corrected chi connectivity index (χ0v) is 14.0. The highest BCUT2D eigenvalue weighted by Crippen LogP contribution is 2.27. The van der Waals surface area contributed by atoms with Gasteiger partial charge in [0.05, 0.1) is 10.7 Å². The van der Waals surface area contributed by atoms with Crippen molar-refractivity contribution in [3.05, 3.63) is 28.3 Å². The van der Waals surface area contributed by atoms with Gasteiger partial charge >= 0.3 is 0 Å². The summed E-state index contributed by atoms with van der Waals surface area (Å²) in [5.41, 5.74) is 2.15. The van der Waals surface area contributed by atoms with Crippen molar-refractivity contribution in [1.82, 2.24) is 5.32 Å². The molecule has 0 bridgehead atoms. The summed E-state index contributed by atoms with van der Waals surface area (Å²) in [5, 5.41) is 6.07. The normalized spacial score (nSPS) is 11.1. The number of hydrogen-bond donors (Lipinski definition) is 2. The van der Waals surface area contributed by atoms with E-state index in [0.717, 1.165) is 11.1 Å². The number of benzene rings is 1. The van der Waals surface area contributed by atoms with Crippen LogP contribution in [0.5, 0.6) is 0 Å². The Bertz CT molecular complexity index is 525. The highest BCUT2D eigenvalue weighted by Gasteiger charge is 2.20. The van der Waals surface area contributed by atoms with Gasteiger partial charge in [0, 0.05) is 18.4 Å². The lowest BCUT2D eigenvalue weighted by Crippen LogP contribution is -2.36. The molecule has 0 aliphatic carbocycles. The maximum atomic E-state index is 11.9. The molecule has 0 aromatic heterocycles. The van der Waals surface area contributed by atoms with E-state index in [1.165, 1.54) is 0 Å². The second-order valence-electron chi connectivity index (χ2n) is 6.24. The average molecular weight is 311 g/mol. The Hall–Kier alpha value is -1.55. The Balaban J connectivity index is 2.54. The van der Waals surface area contributed by atoms with Crippen molar-refractivity contribution < 1.29 is 9.59 Å². The van der Waals surface area contributed by atoms with Crippen LogP contribution in [0.15, 0.2) is 12.1 Å². The number of aryl methyl sites for hydroxylation is 2. The minimum atomic E-state index is -0.451. The maximum absolute atomic E-state index is 11.9. The predicted molar refractivity (Wildman–Crippen MR) is 86.6 cm³/mol. The molecule has 21 heavy (non-hydrogen) atoms. The first kappa shape index (κ1) is 17.5. The van der Waals surface area contributed by atoms with E-state index in [1.54, 1.807) is 0 Å². The Kier molecular flexibility index (Phi) is 5.78. The summed E-state index contributed by atoms with van der Waals surface area (Å²) in [7, 11) is 0. The van der Waals surface area contributed by atoms with E-state index in [4.69, 9.17) is 11.6 Å². The molecule has 1 aromatic carbocycles. The zero-order valence-electron chi connectivity index (χ0n) is 13.3. The van der Waals surface area contributed by atoms with Gasteiger partial charge in [0.1, 0.15) is 0 Å². The standard InChI is InChI=1S/C16H23ClN2O2/c1-10-8-11(2)14(12(17)9-10)19-13(20)6-7-18-15(21)16(3,4)5/h8-9H,6-7H2,1-5H3,(H,18,21)(H,19,20). The van der Waals surface area contributed by atoms with E-state index in [0.29, 0.717) is 17.3 Å². The van der Waals surface area contributed by atoms with Crippen molar-refractivity contribution >= 4 is 29.1 Å². The highest BCUT2D eigenvalue weighted by molar-refractivity contribution is 6.34. The average Bonchev–Trinajstić information content (AvgIpc) is 2.32. The van der Waals surface area contributed by atoms with Crippen LogP contribution < -0.4 is 10.6 Å². The van der Waals surface area contributed by atoms with E-state index in [2.05, 4.69) is 10.6 Å². The minimum Gasteiger partial charge on any atom is -0.355 e. The molecule has 0 fully saturated rings. The van der Waals surface area contributed by atoms with E-state index < -0.39 is 5.41 Å². The quantitative estimate of drug-likeness (QED) is 0.895. The number of halogens is 1. The number of nitrogens with one attached hydrogen (secondary N) is 2. The summed E-state index contributed by atoms with van der Waals surface area (Å²) >= 11 is 6.14. The van der Waals surface area contributed by atoms with E-state index >= 15 is 0 Å². The maximum Gasteiger partial charge on any atom is 0.226 e. The van der Waals surface area contributed by atoms with Gasteiger partial charge in [0.2, 0.25) is 11.8 Å². The van der Waals surface area contributed by atoms with Gasteiger partial charge in [0.15, 0.2) is 0 Å². The van der Waals surface area contributed by atoms with Crippen LogP contribution >= 0.6 is 11.6 Å². The van der Waals surface area contributed by atoms with Gasteiger partial charge in [-0.15, -0.1) is 0 Å². The second-order valence-corrected chi connectivity index (χ2v) is 6.65. The number of carbonyl (C=O) groups excluding carboxylic acids is 2. The molecule has 0 spiro atoms. The summed E-state index contributed by atoms with van der Waals surface area (Å²) in [6.45, 7) is 9.65. The molecule has 0 aliphatic rings. The van der Waals surface area contributed by atoms with Crippen LogP contribution in [0.25, 0.3) is 0 Å². The molecule has 2 amide bonds. The molecule has 0 atom stereocenters. The smallest absolute Gasteiger partial charge is 0.226 e. The number of carbonyl (C=O) groups is 2. The summed E-state index contributed by atoms with van der Waals surface area (Å²) < 4.78 is 0. The SMILES string of the molecule is Cc1cc(C)c(NC(=O)CCNC(=O)C(C)(C)C)c(Cl)c1. The van der Waals surface area contributed by atoms with Crippen molar-refractivity contribution in [3.8, 4) is 0 Å². The summed E-state index contributed by atoms with van der Waals surface area (Å²) in [6, 6.07) is 3.77. The number of hydrogen-bond acceptors (Lipinski definition) is 2. The first-order valence-electron chi connectivity index (χ1n) is 6.96. The largest absolute Gasteiger partial charge is 0.355 e. The Morgan fingerprint density at radius 2 is 1.81 bits per heavy atom. The van der Waals surface area contributed by atoms with Crippen molar-refractivity contribution in [2.45, 2.75) is 41.0 Å². The minimum absolute atomic E-state index is 0.0696. The zero-order chi connectivity index (χ0) is 16.2. The second kappa shape index (κ2) is 6.94. The lowest BCUT2D eigenvalue weighted by atomic mass is 9.96. The van der Waals surface area contributed by atoms with Crippen molar-refractivity contribution in [2.75, 3.05) is 11.9 Å². The van der Waals surface area contributed by atoms with Crippen LogP contribution in [0.4, 0.5) is 5.69 Å². The molecule has 4 nitrogen and oxygen atoms in total. The van der Waals surface area contributed by atoms with Crippen LogP contribution in [-0.4, -0.2) is 18.4 Å². The summed E-state index contributed by atoms with van der Waals surface area (Å²) in [4.78, 5) is 23.6. The third-order valence-corrected chi connectivity index (χ3v) is 3.31. The number of rotatable bonds is 4. The van der Waals surface area contributed by atoms with Gasteiger partial charge in [-0.25, -0.2) is 0 Å². The molecule has 2 N–H and O–H groups in total. The van der Waals surface area contributed by atoms with Gasteiger partial charge in [0.25, 0.3) is 0 Å². The third-order valence-electron chi connectivity index (χ3n) is 3.01. The monoisotopic (exact) mass is 310 g/mol. The molecule has 0 unspecified atom stereocenters. The molecule has 0 saturated heterocycles. The molecule has 0 heterocycles. The molecule has 1 aromatic rings. The van der Waals surface area contributed by atoms with Crippen LogP contribution in [0.1, 0.15) is 38.3 Å². The molecule has 116 valence electrons. The molecule has 0 saturated carbocycles. The highest BCUT2D eigenvalue weighted by atomic mass is 35.5. The Morgan fingerprint density at radius 1 is 1.19 bits per heavy atom. The van der Waals surface area contributed by atoms with Gasteiger partial charge in [-0.1, -0.05) is 38.4 Å². The van der Waals surface area contributed by atoms with Crippen LogP contribution in [-0.2, 0) is 9.59 Å². The summed E-state index contributed by atoms with van der Waals surface area (Å²) in [6.07, 6.45) is 0.214. The summed E-state index contributed by atoms with van der Waals surface area (Å²) in [5.74, 6) is -0.238. The Morgan fingerprint density at radius 3 is 2.33 bits per heavy atom. The van der Waals surface area contributed by atoms with Crippen LogP contribution in [0, 0.1) is 19.3 Å². The molecule has 0 aliphatic heterocycles. The number of anilines is 1. The van der Waals surface area contributed by atoms with E-state index in [9.17, 15) is 9.59 Å². The van der Waals surface area contributed by atoms with Gasteiger partial charge in [-0.3, -0.25) is 9.59 Å². The molecule has 5 heteroatoms. The van der Waals surface area contributed by atoms with Crippen LogP contribution in [0.2, 0.25) is 5.02 Å². The molecule has 0 radical (unpaired) electrons. The van der Waals surface area contributed by atoms with E-state index in [-0.39, 0.29) is 18.2 Å². The van der Waals surface area contributed by atoms with Crippen molar-refractivity contribution in [1.29, 1.82) is 0 Å². The number of amides is 2. The van der Waals surface area contributed by atoms with Gasteiger partial charge < -0.3 is 10.6 Å². The molecular formula is C16H23ClN2O2. The fraction of sp³-hybridized carbons (Fsp3) is 0.500. The first-order chi connectivity index (χ1) is 9.61. The fourth-order valence-corrected chi connectivity index (χ4v) is 2.20.